The number of nitrogens with one attached hydrogen (secondary N) is 1. The SMILES string of the molecule is CC1CC[NH+](CC(O)Cn2ccc3ccccc32)CC1. The van der Waals surface area contributed by atoms with Crippen LogP contribution in [0.5, 0.6) is 0 Å². The summed E-state index contributed by atoms with van der Waals surface area (Å²) in [6.07, 6.45) is 4.43. The van der Waals surface area contributed by atoms with Gasteiger partial charge < -0.3 is 14.6 Å². The van der Waals surface area contributed by atoms with Crippen LogP contribution in [0, 0.1) is 5.92 Å². The third kappa shape index (κ3) is 3.05. The molecule has 1 aliphatic heterocycles. The molecule has 108 valence electrons. The number of likely N-dealkylation sites (tertiary alicyclic amines) is 1. The fourth-order valence-electron chi connectivity index (χ4n) is 3.30. The van der Waals surface area contributed by atoms with Crippen molar-refractivity contribution >= 4 is 10.9 Å². The Hall–Kier alpha value is -1.32. The highest BCUT2D eigenvalue weighted by Gasteiger charge is 2.21. The van der Waals surface area contributed by atoms with E-state index < -0.39 is 0 Å². The highest BCUT2D eigenvalue weighted by atomic mass is 16.3. The maximum absolute atomic E-state index is 10.4. The molecule has 3 rings (SSSR count). The van der Waals surface area contributed by atoms with E-state index in [2.05, 4.69) is 48.0 Å². The van der Waals surface area contributed by atoms with Crippen LogP contribution in [0.15, 0.2) is 36.5 Å². The summed E-state index contributed by atoms with van der Waals surface area (Å²) in [6.45, 7) is 6.33. The van der Waals surface area contributed by atoms with E-state index in [1.54, 1.807) is 4.90 Å². The van der Waals surface area contributed by atoms with Gasteiger partial charge in [-0.05, 0) is 36.3 Å². The molecule has 2 aromatic rings. The quantitative estimate of drug-likeness (QED) is 0.864. The van der Waals surface area contributed by atoms with E-state index in [-0.39, 0.29) is 6.10 Å². The molecular formula is C17H25N2O+. The lowest BCUT2D eigenvalue weighted by molar-refractivity contribution is -0.909. The van der Waals surface area contributed by atoms with Crippen LogP contribution < -0.4 is 4.90 Å². The Bertz CT molecular complexity index is 555. The number of aromatic nitrogens is 1. The monoisotopic (exact) mass is 273 g/mol. The Morgan fingerprint density at radius 2 is 2.00 bits per heavy atom. The average molecular weight is 273 g/mol. The first kappa shape index (κ1) is 13.7. The third-order valence-electron chi connectivity index (χ3n) is 4.59. The van der Waals surface area contributed by atoms with Crippen molar-refractivity contribution in [1.29, 1.82) is 0 Å². The van der Waals surface area contributed by atoms with E-state index in [1.807, 2.05) is 0 Å². The summed E-state index contributed by atoms with van der Waals surface area (Å²) in [6, 6.07) is 10.5. The number of benzene rings is 1. The first-order valence-corrected chi connectivity index (χ1v) is 7.78. The van der Waals surface area contributed by atoms with Crippen molar-refractivity contribution in [3.05, 3.63) is 36.5 Å². The van der Waals surface area contributed by atoms with Crippen molar-refractivity contribution in [3.8, 4) is 0 Å². The van der Waals surface area contributed by atoms with Gasteiger partial charge in [0.25, 0.3) is 0 Å². The molecule has 3 nitrogen and oxygen atoms in total. The van der Waals surface area contributed by atoms with E-state index in [1.165, 1.54) is 36.8 Å². The van der Waals surface area contributed by atoms with E-state index in [4.69, 9.17) is 0 Å². The molecule has 0 bridgehead atoms. The van der Waals surface area contributed by atoms with Gasteiger partial charge >= 0.3 is 0 Å². The number of hydrogen-bond acceptors (Lipinski definition) is 1. The number of nitrogens with zero attached hydrogens (tertiary/aromatic N) is 1. The molecule has 0 aliphatic carbocycles. The summed E-state index contributed by atoms with van der Waals surface area (Å²) in [4.78, 5) is 1.56. The Morgan fingerprint density at radius 1 is 1.25 bits per heavy atom. The number of fused-ring (bicyclic) bond motifs is 1. The van der Waals surface area contributed by atoms with Crippen molar-refractivity contribution in [3.63, 3.8) is 0 Å². The molecule has 1 fully saturated rings. The maximum Gasteiger partial charge on any atom is 0.121 e. The van der Waals surface area contributed by atoms with Gasteiger partial charge in [-0.15, -0.1) is 0 Å². The molecule has 0 radical (unpaired) electrons. The van der Waals surface area contributed by atoms with Crippen molar-refractivity contribution in [2.45, 2.75) is 32.4 Å². The number of hydrogen-bond donors (Lipinski definition) is 2. The highest BCUT2D eigenvalue weighted by molar-refractivity contribution is 5.79. The molecule has 1 saturated heterocycles. The van der Waals surface area contributed by atoms with Gasteiger partial charge in [-0.25, -0.2) is 0 Å². The Kier molecular flexibility index (Phi) is 4.08. The smallest absolute Gasteiger partial charge is 0.121 e. The fourth-order valence-corrected chi connectivity index (χ4v) is 3.30. The summed E-state index contributed by atoms with van der Waals surface area (Å²) in [5.41, 5.74) is 1.22. The van der Waals surface area contributed by atoms with Crippen molar-refractivity contribution in [2.75, 3.05) is 19.6 Å². The zero-order valence-electron chi connectivity index (χ0n) is 12.3. The predicted octanol–water partition coefficient (Wildman–Crippen LogP) is 1.32. The third-order valence-corrected chi connectivity index (χ3v) is 4.59. The molecule has 1 aromatic heterocycles. The van der Waals surface area contributed by atoms with E-state index in [0.29, 0.717) is 6.54 Å². The molecule has 1 atom stereocenters. The van der Waals surface area contributed by atoms with Gasteiger partial charge in [0.15, 0.2) is 0 Å². The summed E-state index contributed by atoms with van der Waals surface area (Å²) < 4.78 is 2.17. The lowest BCUT2D eigenvalue weighted by Gasteiger charge is -2.29. The maximum atomic E-state index is 10.4. The van der Waals surface area contributed by atoms with Crippen molar-refractivity contribution in [1.82, 2.24) is 4.57 Å². The molecule has 3 heteroatoms. The Labute approximate surface area is 120 Å². The topological polar surface area (TPSA) is 29.6 Å². The molecule has 2 N–H and O–H groups in total. The number of para-hydroxylation sites is 1. The lowest BCUT2D eigenvalue weighted by atomic mass is 9.99. The predicted molar refractivity (Wildman–Crippen MR) is 81.9 cm³/mol. The molecule has 0 amide bonds. The Morgan fingerprint density at radius 3 is 2.80 bits per heavy atom. The van der Waals surface area contributed by atoms with Crippen LogP contribution in [0.3, 0.4) is 0 Å². The molecule has 2 heterocycles. The van der Waals surface area contributed by atoms with Gasteiger partial charge in [0.1, 0.15) is 12.6 Å². The van der Waals surface area contributed by atoms with E-state index in [0.717, 1.165) is 12.5 Å². The summed E-state index contributed by atoms with van der Waals surface area (Å²) in [7, 11) is 0. The van der Waals surface area contributed by atoms with E-state index >= 15 is 0 Å². The molecule has 1 aromatic carbocycles. The number of aliphatic hydroxyl groups is 1. The second-order valence-electron chi connectivity index (χ2n) is 6.32. The van der Waals surface area contributed by atoms with Gasteiger partial charge in [-0.3, -0.25) is 0 Å². The average Bonchev–Trinajstić information content (AvgIpc) is 2.85. The van der Waals surface area contributed by atoms with Gasteiger partial charge in [0.2, 0.25) is 0 Å². The molecule has 0 spiro atoms. The van der Waals surface area contributed by atoms with E-state index in [9.17, 15) is 5.11 Å². The van der Waals surface area contributed by atoms with Gasteiger partial charge in [0.05, 0.1) is 19.6 Å². The summed E-state index contributed by atoms with van der Waals surface area (Å²) >= 11 is 0. The zero-order chi connectivity index (χ0) is 13.9. The van der Waals surface area contributed by atoms with Crippen molar-refractivity contribution < 1.29 is 10.0 Å². The standard InChI is InChI=1S/C17H24N2O/c1-14-6-9-18(10-7-14)12-16(20)13-19-11-8-15-4-2-3-5-17(15)19/h2-5,8,11,14,16,20H,6-7,9-10,12-13H2,1H3/p+1. The van der Waals surface area contributed by atoms with Gasteiger partial charge in [0, 0.05) is 11.7 Å². The van der Waals surface area contributed by atoms with Gasteiger partial charge in [-0.2, -0.15) is 0 Å². The zero-order valence-corrected chi connectivity index (χ0v) is 12.3. The second kappa shape index (κ2) is 5.98. The molecule has 1 unspecified atom stereocenters. The number of piperidine rings is 1. The molecule has 1 aliphatic rings. The van der Waals surface area contributed by atoms with Crippen LogP contribution in [0.25, 0.3) is 10.9 Å². The van der Waals surface area contributed by atoms with Crippen LogP contribution in [0.4, 0.5) is 0 Å². The number of quaternary nitrogens is 1. The minimum absolute atomic E-state index is 0.255. The van der Waals surface area contributed by atoms with Crippen LogP contribution in [0.1, 0.15) is 19.8 Å². The van der Waals surface area contributed by atoms with Crippen LogP contribution in [0.2, 0.25) is 0 Å². The Balaban J connectivity index is 1.60. The van der Waals surface area contributed by atoms with Crippen molar-refractivity contribution in [2.24, 2.45) is 5.92 Å². The summed E-state index contributed by atoms with van der Waals surface area (Å²) in [5, 5.41) is 11.6. The fraction of sp³-hybridized carbons (Fsp3) is 0.529. The largest absolute Gasteiger partial charge is 0.385 e. The van der Waals surface area contributed by atoms with Crippen LogP contribution in [-0.4, -0.2) is 35.4 Å². The first-order chi connectivity index (χ1) is 9.72. The lowest BCUT2D eigenvalue weighted by Crippen LogP contribution is -3.14. The molecular weight excluding hydrogens is 248 g/mol. The normalized spacial score (nSPS) is 24.9. The minimum Gasteiger partial charge on any atom is -0.385 e. The molecule has 20 heavy (non-hydrogen) atoms. The number of aliphatic hydroxyl groups excluding tert-OH is 1. The highest BCUT2D eigenvalue weighted by Crippen LogP contribution is 2.15. The van der Waals surface area contributed by atoms with Gasteiger partial charge in [-0.1, -0.05) is 25.1 Å². The molecule has 0 saturated carbocycles. The number of rotatable bonds is 4. The van der Waals surface area contributed by atoms with Crippen LogP contribution in [-0.2, 0) is 6.54 Å². The summed E-state index contributed by atoms with van der Waals surface area (Å²) in [5.74, 6) is 0.865. The first-order valence-electron chi connectivity index (χ1n) is 7.78. The minimum atomic E-state index is -0.255. The van der Waals surface area contributed by atoms with Crippen LogP contribution >= 0.6 is 0 Å². The second-order valence-corrected chi connectivity index (χ2v) is 6.32.